The normalized spacial score (nSPS) is 19.9. The summed E-state index contributed by atoms with van der Waals surface area (Å²) >= 11 is 0. The maximum absolute atomic E-state index is 5.70. The topological polar surface area (TPSA) is 53.5 Å². The van der Waals surface area contributed by atoms with Gasteiger partial charge in [0, 0.05) is 56.8 Å². The Morgan fingerprint density at radius 3 is 2.61 bits per heavy atom. The molecule has 0 spiro atoms. The van der Waals surface area contributed by atoms with E-state index in [-0.39, 0.29) is 0 Å². The van der Waals surface area contributed by atoms with Gasteiger partial charge in [-0.05, 0) is 50.8 Å². The molecule has 6 nitrogen and oxygen atoms in total. The van der Waals surface area contributed by atoms with E-state index in [0.29, 0.717) is 6.10 Å². The number of hydrogen-bond acceptors (Lipinski definition) is 6. The van der Waals surface area contributed by atoms with Crippen molar-refractivity contribution in [2.45, 2.75) is 39.7 Å². The third-order valence-electron chi connectivity index (χ3n) is 5.86. The molecule has 150 valence electrons. The third-order valence-corrected chi connectivity index (χ3v) is 5.86. The van der Waals surface area contributed by atoms with E-state index in [4.69, 9.17) is 14.7 Å². The van der Waals surface area contributed by atoms with Crippen molar-refractivity contribution in [3.8, 4) is 0 Å². The van der Waals surface area contributed by atoms with E-state index in [1.165, 1.54) is 16.8 Å². The first kappa shape index (κ1) is 19.0. The van der Waals surface area contributed by atoms with Gasteiger partial charge in [-0.1, -0.05) is 12.1 Å². The molecule has 1 unspecified atom stereocenters. The van der Waals surface area contributed by atoms with Crippen LogP contribution < -0.4 is 15.1 Å². The maximum atomic E-state index is 5.70. The fourth-order valence-electron chi connectivity index (χ4n) is 4.03. The van der Waals surface area contributed by atoms with Crippen LogP contribution in [0.15, 0.2) is 24.3 Å². The predicted octanol–water partition coefficient (Wildman–Crippen LogP) is 3.32. The smallest absolute Gasteiger partial charge is 0.227 e. The first-order valence-corrected chi connectivity index (χ1v) is 10.4. The monoisotopic (exact) mass is 381 g/mol. The lowest BCUT2D eigenvalue weighted by Crippen LogP contribution is -2.47. The van der Waals surface area contributed by atoms with Crippen molar-refractivity contribution in [1.29, 1.82) is 0 Å². The fraction of sp³-hybridized carbons (Fsp3) is 0.545. The average molecular weight is 382 g/mol. The molecule has 4 rings (SSSR count). The summed E-state index contributed by atoms with van der Waals surface area (Å²) in [6.07, 6.45) is 2.59. The lowest BCUT2D eigenvalue weighted by Gasteiger charge is -2.37. The molecule has 2 aliphatic heterocycles. The quantitative estimate of drug-likeness (QED) is 0.857. The second kappa shape index (κ2) is 8.35. The summed E-state index contributed by atoms with van der Waals surface area (Å²) in [5, 5.41) is 3.44. The molecule has 0 amide bonds. The number of benzene rings is 1. The van der Waals surface area contributed by atoms with Gasteiger partial charge in [0.2, 0.25) is 5.95 Å². The van der Waals surface area contributed by atoms with Crippen molar-refractivity contribution in [2.75, 3.05) is 54.4 Å². The molecule has 1 aromatic carbocycles. The highest BCUT2D eigenvalue weighted by Crippen LogP contribution is 2.25. The SMILES string of the molecule is Cc1cc(NCC2CCCO2)nc(N2CCN(c3cccc(C)c3C)CC2)n1. The van der Waals surface area contributed by atoms with E-state index < -0.39 is 0 Å². The Bertz CT molecular complexity index is 811. The molecular weight excluding hydrogens is 350 g/mol. The van der Waals surface area contributed by atoms with Gasteiger partial charge in [-0.25, -0.2) is 4.98 Å². The van der Waals surface area contributed by atoms with Crippen LogP contribution in [0, 0.1) is 20.8 Å². The van der Waals surface area contributed by atoms with E-state index in [0.717, 1.165) is 69.6 Å². The van der Waals surface area contributed by atoms with Gasteiger partial charge < -0.3 is 19.9 Å². The van der Waals surface area contributed by atoms with Crippen molar-refractivity contribution in [3.63, 3.8) is 0 Å². The molecule has 28 heavy (non-hydrogen) atoms. The average Bonchev–Trinajstić information content (AvgIpc) is 3.22. The molecule has 0 aliphatic carbocycles. The Morgan fingerprint density at radius 2 is 1.86 bits per heavy atom. The van der Waals surface area contributed by atoms with Crippen LogP contribution in [-0.2, 0) is 4.74 Å². The van der Waals surface area contributed by atoms with Crippen molar-refractivity contribution >= 4 is 17.5 Å². The Balaban J connectivity index is 1.40. The third kappa shape index (κ3) is 4.22. The molecule has 1 aromatic heterocycles. The zero-order valence-electron chi connectivity index (χ0n) is 17.2. The molecular formula is C22H31N5O. The van der Waals surface area contributed by atoms with E-state index >= 15 is 0 Å². The molecule has 1 atom stereocenters. The van der Waals surface area contributed by atoms with Gasteiger partial charge in [-0.15, -0.1) is 0 Å². The second-order valence-corrected chi connectivity index (χ2v) is 7.90. The van der Waals surface area contributed by atoms with Gasteiger partial charge in [0.05, 0.1) is 6.10 Å². The zero-order valence-corrected chi connectivity index (χ0v) is 17.2. The number of aryl methyl sites for hydroxylation is 2. The summed E-state index contributed by atoms with van der Waals surface area (Å²) in [7, 11) is 0. The molecule has 0 bridgehead atoms. The summed E-state index contributed by atoms with van der Waals surface area (Å²) in [5.41, 5.74) is 5.08. The van der Waals surface area contributed by atoms with Crippen LogP contribution in [0.4, 0.5) is 17.5 Å². The Morgan fingerprint density at radius 1 is 1.07 bits per heavy atom. The highest BCUT2D eigenvalue weighted by Gasteiger charge is 2.21. The Kier molecular flexibility index (Phi) is 5.67. The second-order valence-electron chi connectivity index (χ2n) is 7.90. The van der Waals surface area contributed by atoms with Gasteiger partial charge >= 0.3 is 0 Å². The number of nitrogens with one attached hydrogen (secondary N) is 1. The minimum absolute atomic E-state index is 0.305. The first-order valence-electron chi connectivity index (χ1n) is 10.4. The molecule has 0 radical (unpaired) electrons. The predicted molar refractivity (Wildman–Crippen MR) is 115 cm³/mol. The fourth-order valence-corrected chi connectivity index (χ4v) is 4.03. The summed E-state index contributed by atoms with van der Waals surface area (Å²) in [5.74, 6) is 1.73. The zero-order chi connectivity index (χ0) is 19.5. The number of aromatic nitrogens is 2. The van der Waals surface area contributed by atoms with Crippen LogP contribution in [0.3, 0.4) is 0 Å². The number of ether oxygens (including phenoxy) is 1. The molecule has 2 fully saturated rings. The van der Waals surface area contributed by atoms with E-state index in [1.54, 1.807) is 0 Å². The van der Waals surface area contributed by atoms with Gasteiger partial charge in [0.15, 0.2) is 0 Å². The minimum atomic E-state index is 0.305. The van der Waals surface area contributed by atoms with E-state index in [1.807, 2.05) is 13.0 Å². The summed E-state index contributed by atoms with van der Waals surface area (Å²) in [4.78, 5) is 14.2. The maximum Gasteiger partial charge on any atom is 0.227 e. The standard InChI is InChI=1S/C22H31N5O/c1-16-6-4-8-20(18(16)3)26-9-11-27(12-10-26)22-24-17(2)14-21(25-22)23-15-19-7-5-13-28-19/h4,6,8,14,19H,5,7,9-13,15H2,1-3H3,(H,23,24,25). The summed E-state index contributed by atoms with van der Waals surface area (Å²) in [6, 6.07) is 8.58. The van der Waals surface area contributed by atoms with Gasteiger partial charge in [-0.2, -0.15) is 4.98 Å². The lowest BCUT2D eigenvalue weighted by atomic mass is 10.1. The largest absolute Gasteiger partial charge is 0.376 e. The molecule has 2 aliphatic rings. The van der Waals surface area contributed by atoms with Crippen LogP contribution in [0.1, 0.15) is 29.7 Å². The van der Waals surface area contributed by atoms with Crippen molar-refractivity contribution in [2.24, 2.45) is 0 Å². The molecule has 1 N–H and O–H groups in total. The van der Waals surface area contributed by atoms with Crippen LogP contribution in [-0.4, -0.2) is 55.4 Å². The van der Waals surface area contributed by atoms with Gasteiger partial charge in [-0.3, -0.25) is 0 Å². The van der Waals surface area contributed by atoms with Crippen molar-refractivity contribution < 1.29 is 4.74 Å². The number of anilines is 3. The highest BCUT2D eigenvalue weighted by atomic mass is 16.5. The van der Waals surface area contributed by atoms with Crippen molar-refractivity contribution in [1.82, 2.24) is 9.97 Å². The van der Waals surface area contributed by atoms with Crippen LogP contribution in [0.2, 0.25) is 0 Å². The van der Waals surface area contributed by atoms with Crippen molar-refractivity contribution in [3.05, 3.63) is 41.1 Å². The number of piperazine rings is 1. The van der Waals surface area contributed by atoms with Gasteiger partial charge in [0.25, 0.3) is 0 Å². The Hall–Kier alpha value is -2.34. The molecule has 3 heterocycles. The molecule has 0 saturated carbocycles. The number of rotatable bonds is 5. The van der Waals surface area contributed by atoms with E-state index in [9.17, 15) is 0 Å². The van der Waals surface area contributed by atoms with Gasteiger partial charge in [0.1, 0.15) is 5.82 Å². The summed E-state index contributed by atoms with van der Waals surface area (Å²) < 4.78 is 5.70. The van der Waals surface area contributed by atoms with Crippen LogP contribution in [0.5, 0.6) is 0 Å². The minimum Gasteiger partial charge on any atom is -0.376 e. The number of hydrogen-bond donors (Lipinski definition) is 1. The number of nitrogens with zero attached hydrogens (tertiary/aromatic N) is 4. The van der Waals surface area contributed by atoms with Crippen LogP contribution in [0.25, 0.3) is 0 Å². The summed E-state index contributed by atoms with van der Waals surface area (Å²) in [6.45, 7) is 12.0. The molecule has 2 aromatic rings. The first-order chi connectivity index (χ1) is 13.6. The highest BCUT2D eigenvalue weighted by molar-refractivity contribution is 5.57. The molecule has 6 heteroatoms. The Labute approximate surface area is 167 Å². The lowest BCUT2D eigenvalue weighted by molar-refractivity contribution is 0.120. The van der Waals surface area contributed by atoms with Crippen LogP contribution >= 0.6 is 0 Å². The van der Waals surface area contributed by atoms with E-state index in [2.05, 4.69) is 47.2 Å². The molecule has 2 saturated heterocycles.